The van der Waals surface area contributed by atoms with Gasteiger partial charge in [-0.25, -0.2) is 0 Å². The maximum absolute atomic E-state index is 12.8. The monoisotopic (exact) mass is 472 g/mol. The van der Waals surface area contributed by atoms with E-state index in [-0.39, 0.29) is 28.8 Å². The highest BCUT2D eigenvalue weighted by Crippen LogP contribution is 2.31. The van der Waals surface area contributed by atoms with E-state index >= 15 is 0 Å². The van der Waals surface area contributed by atoms with Crippen molar-refractivity contribution in [2.24, 2.45) is 0 Å². The number of carbonyl (C=O) groups is 2. The van der Waals surface area contributed by atoms with E-state index in [1.54, 1.807) is 0 Å². The summed E-state index contributed by atoms with van der Waals surface area (Å²) in [5, 5.41) is 12.3. The Morgan fingerprint density at radius 2 is 1.81 bits per heavy atom. The molecule has 0 bridgehead atoms. The standard InChI is InChI=1S/C19H20ClF3N6O3/c1-28-6-8-29(9-7-28)11-17(30)24-13-10-12(2-3-14(13)32-19(21,22)23)18(31)25-16-5-4-15(20)26-27-16/h2-5,10H,6-9,11H2,1H3,(H,24,30)(H,25,27,31). The van der Waals surface area contributed by atoms with Crippen LogP contribution in [0.5, 0.6) is 5.75 Å². The van der Waals surface area contributed by atoms with Crippen molar-refractivity contribution in [3.8, 4) is 5.75 Å². The zero-order chi connectivity index (χ0) is 23.3. The fraction of sp³-hybridized carbons (Fsp3) is 0.368. The molecule has 2 aromatic rings. The molecule has 9 nitrogen and oxygen atoms in total. The predicted molar refractivity (Wildman–Crippen MR) is 111 cm³/mol. The molecule has 1 aromatic carbocycles. The molecule has 2 heterocycles. The van der Waals surface area contributed by atoms with Crippen LogP contribution in [0.15, 0.2) is 30.3 Å². The van der Waals surface area contributed by atoms with Gasteiger partial charge in [-0.05, 0) is 37.4 Å². The Kier molecular flexibility index (Phi) is 7.48. The number of nitrogens with one attached hydrogen (secondary N) is 2. The van der Waals surface area contributed by atoms with Crippen LogP contribution in [0.3, 0.4) is 0 Å². The van der Waals surface area contributed by atoms with Crippen LogP contribution in [0.4, 0.5) is 24.7 Å². The van der Waals surface area contributed by atoms with Crippen LogP contribution in [0.2, 0.25) is 5.15 Å². The molecule has 1 fully saturated rings. The van der Waals surface area contributed by atoms with E-state index in [4.69, 9.17) is 11.6 Å². The van der Waals surface area contributed by atoms with Crippen molar-refractivity contribution in [2.45, 2.75) is 6.36 Å². The molecule has 1 saturated heterocycles. The lowest BCUT2D eigenvalue weighted by molar-refractivity contribution is -0.274. The minimum Gasteiger partial charge on any atom is -0.404 e. The predicted octanol–water partition coefficient (Wildman–Crippen LogP) is 2.47. The first-order valence-electron chi connectivity index (χ1n) is 9.50. The number of benzene rings is 1. The Hall–Kier alpha value is -2.96. The molecule has 0 unspecified atom stereocenters. The Balaban J connectivity index is 1.75. The number of nitrogens with zero attached hydrogens (tertiary/aromatic N) is 4. The molecule has 0 aliphatic carbocycles. The minimum absolute atomic E-state index is 0.00388. The number of halogens is 4. The molecule has 1 aromatic heterocycles. The van der Waals surface area contributed by atoms with Gasteiger partial charge in [-0.2, -0.15) is 0 Å². The van der Waals surface area contributed by atoms with Crippen LogP contribution in [0.1, 0.15) is 10.4 Å². The summed E-state index contributed by atoms with van der Waals surface area (Å²) in [6, 6.07) is 6.01. The third kappa shape index (κ3) is 7.04. The van der Waals surface area contributed by atoms with Crippen molar-refractivity contribution in [1.82, 2.24) is 20.0 Å². The number of aromatic nitrogens is 2. The second-order valence-corrected chi connectivity index (χ2v) is 7.47. The molecule has 32 heavy (non-hydrogen) atoms. The lowest BCUT2D eigenvalue weighted by atomic mass is 10.1. The maximum Gasteiger partial charge on any atom is 0.573 e. The average Bonchev–Trinajstić information content (AvgIpc) is 2.71. The van der Waals surface area contributed by atoms with Crippen LogP contribution >= 0.6 is 11.6 Å². The van der Waals surface area contributed by atoms with Crippen molar-refractivity contribution in [3.05, 3.63) is 41.0 Å². The molecule has 1 aliphatic rings. The van der Waals surface area contributed by atoms with Gasteiger partial charge in [0, 0.05) is 31.7 Å². The second-order valence-electron chi connectivity index (χ2n) is 7.08. The largest absolute Gasteiger partial charge is 0.573 e. The Bertz CT molecular complexity index is 966. The molecule has 0 atom stereocenters. The summed E-state index contributed by atoms with van der Waals surface area (Å²) in [4.78, 5) is 28.9. The number of alkyl halides is 3. The molecule has 1 aliphatic heterocycles. The summed E-state index contributed by atoms with van der Waals surface area (Å²) >= 11 is 5.64. The highest BCUT2D eigenvalue weighted by molar-refractivity contribution is 6.29. The van der Waals surface area contributed by atoms with Gasteiger partial charge < -0.3 is 20.3 Å². The van der Waals surface area contributed by atoms with Gasteiger partial charge in [0.25, 0.3) is 5.91 Å². The van der Waals surface area contributed by atoms with Crippen molar-refractivity contribution < 1.29 is 27.5 Å². The van der Waals surface area contributed by atoms with Crippen LogP contribution in [0, 0.1) is 0 Å². The third-order valence-corrected chi connectivity index (χ3v) is 4.78. The Morgan fingerprint density at radius 1 is 1.09 bits per heavy atom. The van der Waals surface area contributed by atoms with Gasteiger partial charge in [0.05, 0.1) is 12.2 Å². The van der Waals surface area contributed by atoms with Gasteiger partial charge >= 0.3 is 6.36 Å². The Labute approximate surface area is 186 Å². The van der Waals surface area contributed by atoms with E-state index in [9.17, 15) is 22.8 Å². The lowest BCUT2D eigenvalue weighted by Crippen LogP contribution is -2.47. The number of anilines is 2. The molecular formula is C19H20ClF3N6O3. The molecule has 2 N–H and O–H groups in total. The number of likely N-dealkylation sites (N-methyl/N-ethyl adjacent to an activating group) is 1. The SMILES string of the molecule is CN1CCN(CC(=O)Nc2cc(C(=O)Nc3ccc(Cl)nn3)ccc2OC(F)(F)F)CC1. The molecule has 13 heteroatoms. The minimum atomic E-state index is -4.97. The van der Waals surface area contributed by atoms with Crippen LogP contribution < -0.4 is 15.4 Å². The zero-order valence-electron chi connectivity index (χ0n) is 16.9. The molecule has 0 spiro atoms. The summed E-state index contributed by atoms with van der Waals surface area (Å²) in [7, 11) is 1.96. The number of hydrogen-bond acceptors (Lipinski definition) is 7. The van der Waals surface area contributed by atoms with E-state index in [0.29, 0.717) is 13.1 Å². The van der Waals surface area contributed by atoms with E-state index < -0.39 is 23.9 Å². The van der Waals surface area contributed by atoms with E-state index in [2.05, 4.69) is 30.5 Å². The summed E-state index contributed by atoms with van der Waals surface area (Å²) in [5.41, 5.74) is -0.303. The summed E-state index contributed by atoms with van der Waals surface area (Å²) in [6.45, 7) is 2.86. The van der Waals surface area contributed by atoms with Crippen molar-refractivity contribution >= 4 is 34.9 Å². The first-order chi connectivity index (χ1) is 15.1. The van der Waals surface area contributed by atoms with Crippen LogP contribution in [-0.4, -0.2) is 77.9 Å². The number of amides is 2. The van der Waals surface area contributed by atoms with Crippen LogP contribution in [-0.2, 0) is 4.79 Å². The molecule has 0 radical (unpaired) electrons. The highest BCUT2D eigenvalue weighted by atomic mass is 35.5. The van der Waals surface area contributed by atoms with Gasteiger partial charge in [-0.3, -0.25) is 14.5 Å². The molecular weight excluding hydrogens is 453 g/mol. The van der Waals surface area contributed by atoms with Gasteiger partial charge in [0.15, 0.2) is 16.7 Å². The summed E-state index contributed by atoms with van der Waals surface area (Å²) < 4.78 is 42.4. The average molecular weight is 473 g/mol. The lowest BCUT2D eigenvalue weighted by Gasteiger charge is -2.31. The van der Waals surface area contributed by atoms with Crippen molar-refractivity contribution in [3.63, 3.8) is 0 Å². The number of rotatable bonds is 6. The summed E-state index contributed by atoms with van der Waals surface area (Å²) in [6.07, 6.45) is -4.97. The first-order valence-corrected chi connectivity index (χ1v) is 9.88. The topological polar surface area (TPSA) is 99.7 Å². The van der Waals surface area contributed by atoms with E-state index in [1.165, 1.54) is 12.1 Å². The zero-order valence-corrected chi connectivity index (χ0v) is 17.7. The summed E-state index contributed by atoms with van der Waals surface area (Å²) in [5.74, 6) is -1.74. The molecule has 172 valence electrons. The molecule has 2 amide bonds. The first kappa shape index (κ1) is 23.7. The van der Waals surface area contributed by atoms with Gasteiger partial charge in [0.2, 0.25) is 5.91 Å². The fourth-order valence-electron chi connectivity index (χ4n) is 2.95. The molecule has 3 rings (SSSR count). The number of piperazine rings is 1. The number of carbonyl (C=O) groups excluding carboxylic acids is 2. The van der Waals surface area contributed by atoms with Gasteiger partial charge in [-0.1, -0.05) is 11.6 Å². The smallest absolute Gasteiger partial charge is 0.404 e. The Morgan fingerprint density at radius 3 is 2.44 bits per heavy atom. The van der Waals surface area contributed by atoms with Gasteiger partial charge in [0.1, 0.15) is 0 Å². The van der Waals surface area contributed by atoms with E-state index in [1.807, 2.05) is 11.9 Å². The highest BCUT2D eigenvalue weighted by Gasteiger charge is 2.32. The van der Waals surface area contributed by atoms with E-state index in [0.717, 1.165) is 31.3 Å². The normalized spacial score (nSPS) is 15.3. The van der Waals surface area contributed by atoms with Crippen LogP contribution in [0.25, 0.3) is 0 Å². The van der Waals surface area contributed by atoms with Gasteiger partial charge in [-0.15, -0.1) is 23.4 Å². The molecule has 0 saturated carbocycles. The maximum atomic E-state index is 12.8. The number of hydrogen-bond donors (Lipinski definition) is 2. The second kappa shape index (κ2) is 10.1. The van der Waals surface area contributed by atoms with Crippen molar-refractivity contribution in [1.29, 1.82) is 0 Å². The third-order valence-electron chi connectivity index (χ3n) is 4.58. The fourth-order valence-corrected chi connectivity index (χ4v) is 3.05. The quantitative estimate of drug-likeness (QED) is 0.666. The van der Waals surface area contributed by atoms with Crippen molar-refractivity contribution in [2.75, 3.05) is 50.4 Å². The number of ether oxygens (including phenoxy) is 1.